The number of benzene rings is 1. The van der Waals surface area contributed by atoms with Crippen molar-refractivity contribution in [1.29, 1.82) is 0 Å². The summed E-state index contributed by atoms with van der Waals surface area (Å²) < 4.78 is 12.7. The van der Waals surface area contributed by atoms with Gasteiger partial charge < -0.3 is 5.32 Å². The number of hydrogen-bond donors (Lipinski definition) is 1. The van der Waals surface area contributed by atoms with Crippen LogP contribution in [-0.4, -0.2) is 9.97 Å². The first kappa shape index (κ1) is 11.1. The lowest BCUT2D eigenvalue weighted by molar-refractivity contribution is 0.628. The quantitative estimate of drug-likeness (QED) is 0.659. The fourth-order valence-corrected chi connectivity index (χ4v) is 1.54. The van der Waals surface area contributed by atoms with Gasteiger partial charge in [-0.1, -0.05) is 11.6 Å². The van der Waals surface area contributed by atoms with Gasteiger partial charge in [0.25, 0.3) is 0 Å². The lowest BCUT2D eigenvalue weighted by Gasteiger charge is -2.05. The number of nitrogens with one attached hydrogen (secondary N) is 1. The third-order valence-electron chi connectivity index (χ3n) is 1.78. The number of halogens is 3. The Morgan fingerprint density at radius 1 is 1.06 bits per heavy atom. The first-order valence-corrected chi connectivity index (χ1v) is 5.12. The van der Waals surface area contributed by atoms with E-state index in [0.717, 1.165) is 0 Å². The number of hydrogen-bond acceptors (Lipinski definition) is 3. The molecule has 0 aliphatic rings. The van der Waals surface area contributed by atoms with Crippen LogP contribution in [0.1, 0.15) is 0 Å². The van der Waals surface area contributed by atoms with Crippen molar-refractivity contribution in [2.75, 3.05) is 5.32 Å². The monoisotopic (exact) mass is 257 g/mol. The minimum absolute atomic E-state index is 0.0529. The summed E-state index contributed by atoms with van der Waals surface area (Å²) in [7, 11) is 0. The van der Waals surface area contributed by atoms with E-state index in [1.165, 1.54) is 18.2 Å². The summed E-state index contributed by atoms with van der Waals surface area (Å²) in [5.74, 6) is 0.154. The Hall–Kier alpha value is -1.39. The molecule has 3 nitrogen and oxygen atoms in total. The third kappa shape index (κ3) is 2.81. The number of nitrogens with zero attached hydrogens (tertiary/aromatic N) is 2. The van der Waals surface area contributed by atoms with Gasteiger partial charge in [-0.3, -0.25) is 0 Å². The van der Waals surface area contributed by atoms with Crippen molar-refractivity contribution >= 4 is 34.7 Å². The zero-order valence-electron chi connectivity index (χ0n) is 7.92. The molecule has 0 bridgehead atoms. The molecule has 0 spiro atoms. The highest BCUT2D eigenvalue weighted by Gasteiger charge is 2.01. The summed E-state index contributed by atoms with van der Waals surface area (Å²) in [6.07, 6.45) is 0. The van der Waals surface area contributed by atoms with Crippen LogP contribution in [0, 0.1) is 5.82 Å². The lowest BCUT2D eigenvalue weighted by Crippen LogP contribution is -1.95. The Kier molecular flexibility index (Phi) is 3.22. The van der Waals surface area contributed by atoms with Crippen molar-refractivity contribution in [3.63, 3.8) is 0 Å². The minimum Gasteiger partial charge on any atom is -0.340 e. The predicted molar refractivity (Wildman–Crippen MR) is 61.7 cm³/mol. The van der Waals surface area contributed by atoms with Crippen LogP contribution in [0.25, 0.3) is 0 Å². The first-order valence-electron chi connectivity index (χ1n) is 4.36. The summed E-state index contributed by atoms with van der Waals surface area (Å²) in [4.78, 5) is 7.63. The number of anilines is 2. The van der Waals surface area contributed by atoms with Crippen LogP contribution < -0.4 is 5.32 Å². The van der Waals surface area contributed by atoms with Crippen molar-refractivity contribution in [2.45, 2.75) is 0 Å². The molecule has 82 valence electrons. The van der Waals surface area contributed by atoms with E-state index in [1.807, 2.05) is 0 Å². The van der Waals surface area contributed by atoms with Gasteiger partial charge in [0, 0.05) is 11.8 Å². The third-order valence-corrected chi connectivity index (χ3v) is 2.15. The normalized spacial score (nSPS) is 10.2. The highest BCUT2D eigenvalue weighted by atomic mass is 35.5. The van der Waals surface area contributed by atoms with Crippen molar-refractivity contribution in [3.8, 4) is 0 Å². The second-order valence-electron chi connectivity index (χ2n) is 2.98. The summed E-state index contributed by atoms with van der Waals surface area (Å²) in [6.45, 7) is 0. The molecule has 0 saturated carbocycles. The van der Waals surface area contributed by atoms with Crippen LogP contribution in [0.3, 0.4) is 0 Å². The smallest absolute Gasteiger partial charge is 0.225 e. The molecule has 0 aliphatic heterocycles. The van der Waals surface area contributed by atoms with E-state index in [-0.39, 0.29) is 16.3 Å². The molecule has 1 aromatic heterocycles. The van der Waals surface area contributed by atoms with Crippen LogP contribution in [-0.2, 0) is 0 Å². The number of rotatable bonds is 2. The topological polar surface area (TPSA) is 37.8 Å². The highest BCUT2D eigenvalue weighted by molar-refractivity contribution is 6.32. The van der Waals surface area contributed by atoms with E-state index < -0.39 is 0 Å². The lowest BCUT2D eigenvalue weighted by atomic mass is 10.3. The standard InChI is InChI=1S/C10H6Cl2FN3/c11-8-5-9(16-10(12)15-8)14-7-3-1-6(13)2-4-7/h1-5H,(H,14,15,16). The van der Waals surface area contributed by atoms with Crippen LogP contribution in [0.15, 0.2) is 30.3 Å². The maximum absolute atomic E-state index is 12.7. The van der Waals surface area contributed by atoms with Crippen LogP contribution in [0.5, 0.6) is 0 Å². The van der Waals surface area contributed by atoms with Gasteiger partial charge >= 0.3 is 0 Å². The van der Waals surface area contributed by atoms with Gasteiger partial charge in [-0.25, -0.2) is 14.4 Å². The molecular formula is C10H6Cl2FN3. The Morgan fingerprint density at radius 2 is 1.75 bits per heavy atom. The molecule has 0 atom stereocenters. The molecule has 0 amide bonds. The predicted octanol–water partition coefficient (Wildman–Crippen LogP) is 3.67. The van der Waals surface area contributed by atoms with Crippen LogP contribution in [0.4, 0.5) is 15.9 Å². The van der Waals surface area contributed by atoms with Crippen molar-refractivity contribution in [1.82, 2.24) is 9.97 Å². The fourth-order valence-electron chi connectivity index (χ4n) is 1.14. The molecule has 0 saturated heterocycles. The molecule has 0 fully saturated rings. The summed E-state index contributed by atoms with van der Waals surface area (Å²) in [5, 5.41) is 3.22. The summed E-state index contributed by atoms with van der Waals surface area (Å²) >= 11 is 11.3. The van der Waals surface area contributed by atoms with Gasteiger partial charge in [-0.15, -0.1) is 0 Å². The van der Waals surface area contributed by atoms with Crippen LogP contribution >= 0.6 is 23.2 Å². The van der Waals surface area contributed by atoms with E-state index >= 15 is 0 Å². The van der Waals surface area contributed by atoms with E-state index in [0.29, 0.717) is 11.5 Å². The maximum atomic E-state index is 12.7. The van der Waals surface area contributed by atoms with Gasteiger partial charge in [-0.2, -0.15) is 0 Å². The molecule has 2 aromatic rings. The van der Waals surface area contributed by atoms with Gasteiger partial charge in [0.05, 0.1) is 0 Å². The largest absolute Gasteiger partial charge is 0.340 e. The SMILES string of the molecule is Fc1ccc(Nc2cc(Cl)nc(Cl)n2)cc1. The second-order valence-corrected chi connectivity index (χ2v) is 3.70. The maximum Gasteiger partial charge on any atom is 0.225 e. The Bertz CT molecular complexity index is 482. The van der Waals surface area contributed by atoms with Crippen molar-refractivity contribution in [3.05, 3.63) is 46.6 Å². The molecule has 6 heteroatoms. The molecule has 0 radical (unpaired) electrons. The molecule has 1 aromatic carbocycles. The average Bonchev–Trinajstić information content (AvgIpc) is 2.20. The molecule has 16 heavy (non-hydrogen) atoms. The van der Waals surface area contributed by atoms with Crippen LogP contribution in [0.2, 0.25) is 10.4 Å². The molecule has 0 aliphatic carbocycles. The van der Waals surface area contributed by atoms with Gasteiger partial charge in [0.2, 0.25) is 5.28 Å². The van der Waals surface area contributed by atoms with Gasteiger partial charge in [-0.05, 0) is 35.9 Å². The fraction of sp³-hybridized carbons (Fsp3) is 0. The number of aromatic nitrogens is 2. The molecule has 2 rings (SSSR count). The second kappa shape index (κ2) is 4.63. The van der Waals surface area contributed by atoms with Gasteiger partial charge in [0.15, 0.2) is 0 Å². The minimum atomic E-state index is -0.302. The highest BCUT2D eigenvalue weighted by Crippen LogP contribution is 2.19. The molecule has 1 N–H and O–H groups in total. The summed E-state index contributed by atoms with van der Waals surface area (Å²) in [5.41, 5.74) is 0.687. The van der Waals surface area contributed by atoms with E-state index in [1.54, 1.807) is 12.1 Å². The Labute approximate surface area is 101 Å². The Morgan fingerprint density at radius 3 is 2.38 bits per heavy atom. The molecule has 1 heterocycles. The Balaban J connectivity index is 2.23. The van der Waals surface area contributed by atoms with E-state index in [2.05, 4.69) is 15.3 Å². The van der Waals surface area contributed by atoms with Crippen molar-refractivity contribution < 1.29 is 4.39 Å². The van der Waals surface area contributed by atoms with E-state index in [9.17, 15) is 4.39 Å². The van der Waals surface area contributed by atoms with Gasteiger partial charge in [0.1, 0.15) is 16.8 Å². The van der Waals surface area contributed by atoms with E-state index in [4.69, 9.17) is 23.2 Å². The van der Waals surface area contributed by atoms with Crippen molar-refractivity contribution in [2.24, 2.45) is 0 Å². The average molecular weight is 258 g/mol. The molecule has 0 unspecified atom stereocenters. The molecular weight excluding hydrogens is 252 g/mol. The first-order chi connectivity index (χ1) is 7.63. The summed E-state index contributed by atoms with van der Waals surface area (Å²) in [6, 6.07) is 7.37. The zero-order valence-corrected chi connectivity index (χ0v) is 9.43. The zero-order chi connectivity index (χ0) is 11.5.